The third-order valence-electron chi connectivity index (χ3n) is 4.69. The van der Waals surface area contributed by atoms with E-state index in [0.717, 1.165) is 31.6 Å². The molecule has 1 heterocycles. The predicted molar refractivity (Wildman–Crippen MR) is 117 cm³/mol. The van der Waals surface area contributed by atoms with Gasteiger partial charge in [0.15, 0.2) is 11.5 Å². The molecule has 0 bridgehead atoms. The van der Waals surface area contributed by atoms with Crippen LogP contribution in [0.5, 0.6) is 17.2 Å². The summed E-state index contributed by atoms with van der Waals surface area (Å²) in [5.74, 6) is 2.36. The number of nitriles is 1. The van der Waals surface area contributed by atoms with Gasteiger partial charge in [0.05, 0.1) is 21.3 Å². The van der Waals surface area contributed by atoms with Crippen LogP contribution in [0.3, 0.4) is 0 Å². The maximum atomic E-state index is 9.34. The first-order chi connectivity index (χ1) is 14.6. The lowest BCUT2D eigenvalue weighted by Crippen LogP contribution is -2.25. The van der Waals surface area contributed by atoms with Gasteiger partial charge in [-0.1, -0.05) is 13.8 Å². The van der Waals surface area contributed by atoms with Crippen molar-refractivity contribution in [3.05, 3.63) is 29.3 Å². The van der Waals surface area contributed by atoms with Gasteiger partial charge >= 0.3 is 0 Å². The normalized spacial score (nSPS) is 11.0. The van der Waals surface area contributed by atoms with Crippen LogP contribution in [0.25, 0.3) is 12.2 Å². The Morgan fingerprint density at radius 1 is 1.10 bits per heavy atom. The number of benzene rings is 1. The van der Waals surface area contributed by atoms with E-state index in [1.807, 2.05) is 18.2 Å². The number of methoxy groups -OCH3 is 3. The Kier molecular flexibility index (Phi) is 9.03. The molecule has 0 spiro atoms. The topological polar surface area (TPSA) is 92.8 Å². The van der Waals surface area contributed by atoms with Crippen molar-refractivity contribution in [1.82, 2.24) is 9.88 Å². The molecule has 0 aliphatic carbocycles. The van der Waals surface area contributed by atoms with Crippen LogP contribution in [0.1, 0.15) is 37.4 Å². The number of ether oxygens (including phenoxy) is 3. The molecule has 8 heteroatoms. The smallest absolute Gasteiger partial charge is 0.232 e. The van der Waals surface area contributed by atoms with Crippen molar-refractivity contribution in [3.63, 3.8) is 0 Å². The number of aromatic nitrogens is 1. The van der Waals surface area contributed by atoms with Gasteiger partial charge in [0.25, 0.3) is 0 Å². The van der Waals surface area contributed by atoms with E-state index in [1.54, 1.807) is 27.4 Å². The average molecular weight is 415 g/mol. The van der Waals surface area contributed by atoms with E-state index >= 15 is 0 Å². The van der Waals surface area contributed by atoms with Crippen LogP contribution in [-0.4, -0.2) is 57.4 Å². The zero-order valence-electron chi connectivity index (χ0n) is 18.3. The van der Waals surface area contributed by atoms with E-state index in [1.165, 1.54) is 0 Å². The second-order valence-electron chi connectivity index (χ2n) is 6.44. The van der Waals surface area contributed by atoms with Gasteiger partial charge in [0, 0.05) is 12.6 Å². The highest BCUT2D eigenvalue weighted by Gasteiger charge is 2.13. The molecular formula is C22H30N4O4. The van der Waals surface area contributed by atoms with Crippen molar-refractivity contribution in [1.29, 1.82) is 5.26 Å². The second kappa shape index (κ2) is 11.7. The predicted octanol–water partition coefficient (Wildman–Crippen LogP) is 3.89. The lowest BCUT2D eigenvalue weighted by Gasteiger charge is -2.17. The molecule has 1 N–H and O–H groups in total. The Labute approximate surface area is 178 Å². The number of hydrogen-bond donors (Lipinski definition) is 1. The maximum absolute atomic E-state index is 9.34. The molecule has 1 aromatic carbocycles. The SMILES string of the molecule is CCN(CC)CCCNc1oc(C=Cc2cc(OC)c(OC)c(OC)c2)nc1C#N. The molecule has 162 valence electrons. The van der Waals surface area contributed by atoms with E-state index in [2.05, 4.69) is 35.1 Å². The molecule has 30 heavy (non-hydrogen) atoms. The third-order valence-corrected chi connectivity index (χ3v) is 4.69. The summed E-state index contributed by atoms with van der Waals surface area (Å²) in [4.78, 5) is 6.58. The van der Waals surface area contributed by atoms with Crippen molar-refractivity contribution in [2.75, 3.05) is 52.8 Å². The molecule has 0 aliphatic rings. The fourth-order valence-corrected chi connectivity index (χ4v) is 3.01. The first kappa shape index (κ1) is 23.1. The number of rotatable bonds is 12. The van der Waals surface area contributed by atoms with Crippen LogP contribution in [0, 0.1) is 11.3 Å². The van der Waals surface area contributed by atoms with Gasteiger partial charge in [-0.05, 0) is 49.8 Å². The molecule has 0 saturated carbocycles. The summed E-state index contributed by atoms with van der Waals surface area (Å²) in [5, 5.41) is 12.5. The van der Waals surface area contributed by atoms with Crippen LogP contribution < -0.4 is 19.5 Å². The summed E-state index contributed by atoms with van der Waals surface area (Å²) in [7, 11) is 4.69. The highest BCUT2D eigenvalue weighted by atomic mass is 16.5. The van der Waals surface area contributed by atoms with E-state index < -0.39 is 0 Å². The van der Waals surface area contributed by atoms with E-state index in [-0.39, 0.29) is 5.69 Å². The standard InChI is InChI=1S/C22H30N4O4/c1-6-26(7-2)12-8-11-24-22-17(15-23)25-20(30-22)10-9-16-13-18(27-3)21(29-5)19(14-16)28-4/h9-10,13-14,24H,6-8,11-12H2,1-5H3. The summed E-state index contributed by atoms with van der Waals surface area (Å²) in [5.41, 5.74) is 1.05. The van der Waals surface area contributed by atoms with Gasteiger partial charge in [-0.3, -0.25) is 0 Å². The molecule has 0 amide bonds. The molecule has 0 atom stereocenters. The fraction of sp³-hybridized carbons (Fsp3) is 0.455. The van der Waals surface area contributed by atoms with Gasteiger partial charge in [0.2, 0.25) is 23.2 Å². The second-order valence-corrected chi connectivity index (χ2v) is 6.44. The molecular weight excluding hydrogens is 384 g/mol. The van der Waals surface area contributed by atoms with Gasteiger partial charge in [-0.2, -0.15) is 10.2 Å². The quantitative estimate of drug-likeness (QED) is 0.523. The minimum atomic E-state index is 0.238. The first-order valence-corrected chi connectivity index (χ1v) is 9.95. The zero-order chi connectivity index (χ0) is 21.9. The lowest BCUT2D eigenvalue weighted by atomic mass is 10.1. The Morgan fingerprint density at radius 2 is 1.77 bits per heavy atom. The molecule has 0 aliphatic heterocycles. The van der Waals surface area contributed by atoms with Crippen molar-refractivity contribution in [3.8, 4) is 23.3 Å². The number of nitrogens with zero attached hydrogens (tertiary/aromatic N) is 3. The van der Waals surface area contributed by atoms with Gasteiger partial charge < -0.3 is 28.8 Å². The largest absolute Gasteiger partial charge is 0.493 e. The summed E-state index contributed by atoms with van der Waals surface area (Å²) >= 11 is 0. The van der Waals surface area contributed by atoms with Crippen LogP contribution in [0.4, 0.5) is 5.88 Å². The van der Waals surface area contributed by atoms with E-state index in [4.69, 9.17) is 18.6 Å². The number of anilines is 1. The van der Waals surface area contributed by atoms with Gasteiger partial charge in [-0.25, -0.2) is 0 Å². The van der Waals surface area contributed by atoms with Crippen molar-refractivity contribution < 1.29 is 18.6 Å². The molecule has 1 aromatic heterocycles. The monoisotopic (exact) mass is 414 g/mol. The third kappa shape index (κ3) is 5.91. The van der Waals surface area contributed by atoms with Gasteiger partial charge in [0.1, 0.15) is 6.07 Å². The maximum Gasteiger partial charge on any atom is 0.232 e. The average Bonchev–Trinajstić information content (AvgIpc) is 3.18. The molecule has 0 unspecified atom stereocenters. The molecule has 2 rings (SSSR count). The highest BCUT2D eigenvalue weighted by molar-refractivity contribution is 5.71. The number of nitrogens with one attached hydrogen (secondary N) is 1. The van der Waals surface area contributed by atoms with E-state index in [0.29, 0.717) is 35.6 Å². The van der Waals surface area contributed by atoms with E-state index in [9.17, 15) is 5.26 Å². The van der Waals surface area contributed by atoms with Crippen LogP contribution in [0.15, 0.2) is 16.5 Å². The molecule has 0 radical (unpaired) electrons. The molecule has 0 fully saturated rings. The Hall–Kier alpha value is -3.18. The summed E-state index contributed by atoms with van der Waals surface area (Å²) in [6.45, 7) is 8.04. The summed E-state index contributed by atoms with van der Waals surface area (Å²) in [6, 6.07) is 5.71. The van der Waals surface area contributed by atoms with Crippen molar-refractivity contribution in [2.24, 2.45) is 0 Å². The Balaban J connectivity index is 2.10. The van der Waals surface area contributed by atoms with Crippen LogP contribution in [-0.2, 0) is 0 Å². The van der Waals surface area contributed by atoms with Crippen LogP contribution in [0.2, 0.25) is 0 Å². The number of hydrogen-bond acceptors (Lipinski definition) is 8. The van der Waals surface area contributed by atoms with Gasteiger partial charge in [-0.15, -0.1) is 0 Å². The van der Waals surface area contributed by atoms with Crippen molar-refractivity contribution >= 4 is 18.0 Å². The molecule has 8 nitrogen and oxygen atoms in total. The Bertz CT molecular complexity index is 857. The first-order valence-electron chi connectivity index (χ1n) is 9.95. The van der Waals surface area contributed by atoms with Crippen LogP contribution >= 0.6 is 0 Å². The number of oxazole rings is 1. The molecule has 0 saturated heterocycles. The highest BCUT2D eigenvalue weighted by Crippen LogP contribution is 2.38. The molecule has 2 aromatic rings. The fourth-order valence-electron chi connectivity index (χ4n) is 3.01. The summed E-state index contributed by atoms with van der Waals surface area (Å²) < 4.78 is 21.8. The Morgan fingerprint density at radius 3 is 2.30 bits per heavy atom. The minimum Gasteiger partial charge on any atom is -0.493 e. The minimum absolute atomic E-state index is 0.238. The zero-order valence-corrected chi connectivity index (χ0v) is 18.3. The lowest BCUT2D eigenvalue weighted by molar-refractivity contribution is 0.302. The van der Waals surface area contributed by atoms with Crippen molar-refractivity contribution in [2.45, 2.75) is 20.3 Å². The summed E-state index contributed by atoms with van der Waals surface area (Å²) in [6.07, 6.45) is 4.45.